The highest BCUT2D eigenvalue weighted by molar-refractivity contribution is 9.10. The number of nitrogens with zero attached hydrogens (tertiary/aromatic N) is 2. The number of likely N-dealkylation sites (tertiary alicyclic amines) is 1. The lowest BCUT2D eigenvalue weighted by molar-refractivity contribution is -0.384. The third kappa shape index (κ3) is 2.51. The molecule has 1 aromatic rings. The molecule has 1 aliphatic heterocycles. The Morgan fingerprint density at radius 2 is 2.28 bits per heavy atom. The fraction of sp³-hybridized carbons (Fsp3) is 0.364. The summed E-state index contributed by atoms with van der Waals surface area (Å²) in [7, 11) is 0. The van der Waals surface area contributed by atoms with Gasteiger partial charge in [0.25, 0.3) is 11.6 Å². The van der Waals surface area contributed by atoms with Crippen molar-refractivity contribution >= 4 is 27.5 Å². The molecule has 96 valence electrons. The first-order valence-electron chi connectivity index (χ1n) is 5.40. The van der Waals surface area contributed by atoms with Crippen LogP contribution in [0.15, 0.2) is 22.7 Å². The van der Waals surface area contributed by atoms with Gasteiger partial charge in [0.15, 0.2) is 0 Å². The highest BCUT2D eigenvalue weighted by atomic mass is 79.9. The summed E-state index contributed by atoms with van der Waals surface area (Å²) in [5.74, 6) is -0.304. The second-order valence-corrected chi connectivity index (χ2v) is 4.97. The van der Waals surface area contributed by atoms with Gasteiger partial charge in [-0.25, -0.2) is 0 Å². The Morgan fingerprint density at radius 1 is 1.56 bits per heavy atom. The van der Waals surface area contributed by atoms with E-state index in [0.717, 1.165) is 0 Å². The van der Waals surface area contributed by atoms with Gasteiger partial charge in [0.1, 0.15) is 0 Å². The van der Waals surface area contributed by atoms with E-state index >= 15 is 0 Å². The summed E-state index contributed by atoms with van der Waals surface area (Å²) < 4.78 is 0.513. The van der Waals surface area contributed by atoms with Crippen LogP contribution in [0.1, 0.15) is 16.8 Å². The van der Waals surface area contributed by atoms with Crippen LogP contribution in [0, 0.1) is 10.1 Å². The van der Waals surface area contributed by atoms with Gasteiger partial charge >= 0.3 is 0 Å². The summed E-state index contributed by atoms with van der Waals surface area (Å²) in [5.41, 5.74) is 0.125. The van der Waals surface area contributed by atoms with Gasteiger partial charge in [-0.1, -0.05) is 0 Å². The van der Waals surface area contributed by atoms with Crippen LogP contribution in [0.5, 0.6) is 0 Å². The topological polar surface area (TPSA) is 83.7 Å². The largest absolute Gasteiger partial charge is 0.391 e. The van der Waals surface area contributed by atoms with Crippen LogP contribution in [0.25, 0.3) is 0 Å². The summed E-state index contributed by atoms with van der Waals surface area (Å²) in [6.07, 6.45) is 0.0320. The van der Waals surface area contributed by atoms with Crippen LogP contribution in [-0.4, -0.2) is 40.0 Å². The SMILES string of the molecule is O=C(c1cc([N+](=O)[O-])ccc1Br)N1CCC(O)C1. The van der Waals surface area contributed by atoms with E-state index in [1.807, 2.05) is 0 Å². The lowest BCUT2D eigenvalue weighted by atomic mass is 10.2. The molecule has 1 aromatic carbocycles. The normalized spacial score (nSPS) is 19.0. The molecule has 0 spiro atoms. The summed E-state index contributed by atoms with van der Waals surface area (Å²) in [5, 5.41) is 20.1. The number of aliphatic hydroxyl groups excluding tert-OH is 1. The van der Waals surface area contributed by atoms with Gasteiger partial charge in [-0.2, -0.15) is 0 Å². The number of halogens is 1. The molecule has 2 rings (SSSR count). The van der Waals surface area contributed by atoms with Crippen LogP contribution in [0.2, 0.25) is 0 Å². The zero-order valence-electron chi connectivity index (χ0n) is 9.38. The van der Waals surface area contributed by atoms with Crippen LogP contribution in [0.4, 0.5) is 5.69 Å². The number of hydrogen-bond donors (Lipinski definition) is 1. The first kappa shape index (κ1) is 13.0. The molecule has 0 saturated carbocycles. The molecule has 7 heteroatoms. The Hall–Kier alpha value is -1.47. The number of nitro benzene ring substituents is 1. The molecule has 0 radical (unpaired) electrons. The molecule has 0 aromatic heterocycles. The van der Waals surface area contributed by atoms with Crippen molar-refractivity contribution in [3.63, 3.8) is 0 Å². The highest BCUT2D eigenvalue weighted by Gasteiger charge is 2.27. The van der Waals surface area contributed by atoms with Gasteiger partial charge in [-0.3, -0.25) is 14.9 Å². The smallest absolute Gasteiger partial charge is 0.270 e. The molecular weight excluding hydrogens is 304 g/mol. The number of aliphatic hydroxyl groups is 1. The molecule has 1 heterocycles. The van der Waals surface area contributed by atoms with Crippen molar-refractivity contribution in [2.75, 3.05) is 13.1 Å². The van der Waals surface area contributed by atoms with Crippen molar-refractivity contribution in [3.8, 4) is 0 Å². The third-order valence-corrected chi connectivity index (χ3v) is 3.53. The van der Waals surface area contributed by atoms with Crippen molar-refractivity contribution in [1.82, 2.24) is 4.90 Å². The number of hydrogen-bond acceptors (Lipinski definition) is 4. The van der Waals surface area contributed by atoms with E-state index in [-0.39, 0.29) is 23.7 Å². The van der Waals surface area contributed by atoms with Gasteiger partial charge < -0.3 is 10.0 Å². The molecule has 0 bridgehead atoms. The monoisotopic (exact) mass is 314 g/mol. The lowest BCUT2D eigenvalue weighted by Crippen LogP contribution is -2.29. The van der Waals surface area contributed by atoms with Gasteiger partial charge in [0.05, 0.1) is 16.6 Å². The van der Waals surface area contributed by atoms with Gasteiger partial charge in [0, 0.05) is 29.7 Å². The Bertz CT molecular complexity index is 506. The van der Waals surface area contributed by atoms with E-state index in [9.17, 15) is 20.0 Å². The predicted octanol–water partition coefficient (Wildman–Crippen LogP) is 1.56. The second-order valence-electron chi connectivity index (χ2n) is 4.11. The highest BCUT2D eigenvalue weighted by Crippen LogP contribution is 2.25. The van der Waals surface area contributed by atoms with Crippen molar-refractivity contribution in [1.29, 1.82) is 0 Å². The van der Waals surface area contributed by atoms with Gasteiger partial charge in [-0.05, 0) is 28.4 Å². The van der Waals surface area contributed by atoms with Gasteiger partial charge in [-0.15, -0.1) is 0 Å². The average Bonchev–Trinajstić information content (AvgIpc) is 2.75. The predicted molar refractivity (Wildman–Crippen MR) is 67.3 cm³/mol. The number of non-ortho nitro benzene ring substituents is 1. The number of carbonyl (C=O) groups excluding carboxylic acids is 1. The zero-order valence-corrected chi connectivity index (χ0v) is 11.0. The maximum absolute atomic E-state index is 12.2. The first-order valence-corrected chi connectivity index (χ1v) is 6.19. The fourth-order valence-corrected chi connectivity index (χ4v) is 2.30. The van der Waals surface area contributed by atoms with E-state index in [1.54, 1.807) is 0 Å². The molecule has 1 amide bonds. The number of nitro groups is 1. The molecule has 1 N–H and O–H groups in total. The quantitative estimate of drug-likeness (QED) is 0.663. The van der Waals surface area contributed by atoms with E-state index in [2.05, 4.69) is 15.9 Å². The van der Waals surface area contributed by atoms with Crippen LogP contribution < -0.4 is 0 Å². The molecule has 1 fully saturated rings. The van der Waals surface area contributed by atoms with Crippen LogP contribution in [0.3, 0.4) is 0 Å². The maximum Gasteiger partial charge on any atom is 0.270 e. The lowest BCUT2D eigenvalue weighted by Gasteiger charge is -2.16. The Morgan fingerprint density at radius 3 is 2.83 bits per heavy atom. The van der Waals surface area contributed by atoms with Crippen LogP contribution >= 0.6 is 15.9 Å². The van der Waals surface area contributed by atoms with E-state index in [4.69, 9.17) is 0 Å². The molecular formula is C11H11BrN2O4. The van der Waals surface area contributed by atoms with E-state index < -0.39 is 11.0 Å². The first-order chi connectivity index (χ1) is 8.49. The Kier molecular flexibility index (Phi) is 3.63. The number of amides is 1. The second kappa shape index (κ2) is 5.03. The standard InChI is InChI=1S/C11H11BrN2O4/c12-10-2-1-7(14(17)18)5-9(10)11(16)13-4-3-8(15)6-13/h1-2,5,8,15H,3-4,6H2. The van der Waals surface area contributed by atoms with Crippen molar-refractivity contribution in [2.24, 2.45) is 0 Å². The van der Waals surface area contributed by atoms with E-state index in [1.165, 1.54) is 23.1 Å². The van der Waals surface area contributed by atoms with E-state index in [0.29, 0.717) is 17.4 Å². The molecule has 6 nitrogen and oxygen atoms in total. The summed E-state index contributed by atoms with van der Waals surface area (Å²) >= 11 is 3.21. The summed E-state index contributed by atoms with van der Waals surface area (Å²) in [6.45, 7) is 0.739. The number of β-amino-alcohol motifs (C(OH)–C–C–N with tert-alkyl or cyclic N) is 1. The average molecular weight is 315 g/mol. The zero-order chi connectivity index (χ0) is 13.3. The van der Waals surface area contributed by atoms with Crippen LogP contribution in [-0.2, 0) is 0 Å². The molecule has 1 atom stereocenters. The minimum atomic E-state index is -0.540. The molecule has 18 heavy (non-hydrogen) atoms. The summed E-state index contributed by atoms with van der Waals surface area (Å²) in [4.78, 5) is 23.8. The summed E-state index contributed by atoms with van der Waals surface area (Å²) in [6, 6.07) is 4.06. The van der Waals surface area contributed by atoms with Crippen molar-refractivity contribution < 1.29 is 14.8 Å². The van der Waals surface area contributed by atoms with Gasteiger partial charge in [0.2, 0.25) is 0 Å². The van der Waals surface area contributed by atoms with Crippen molar-refractivity contribution in [2.45, 2.75) is 12.5 Å². The Balaban J connectivity index is 2.29. The maximum atomic E-state index is 12.2. The molecule has 1 saturated heterocycles. The minimum Gasteiger partial charge on any atom is -0.391 e. The molecule has 1 aliphatic rings. The fourth-order valence-electron chi connectivity index (χ4n) is 1.89. The third-order valence-electron chi connectivity index (χ3n) is 2.84. The number of rotatable bonds is 2. The molecule has 1 unspecified atom stereocenters. The number of carbonyl (C=O) groups is 1. The molecule has 0 aliphatic carbocycles. The minimum absolute atomic E-state index is 0.124. The Labute approximate surface area is 111 Å². The number of benzene rings is 1. The van der Waals surface area contributed by atoms with Crippen molar-refractivity contribution in [3.05, 3.63) is 38.3 Å².